The number of anilines is 1. The average Bonchev–Trinajstić information content (AvgIpc) is 2.25. The molecule has 0 fully saturated rings. The molecule has 1 amide bonds. The van der Waals surface area contributed by atoms with Crippen molar-refractivity contribution in [3.05, 3.63) is 34.8 Å². The summed E-state index contributed by atoms with van der Waals surface area (Å²) in [6, 6.07) is 5.51. The molecule has 0 bridgehead atoms. The standard InChI is InChI=1S/C14H17BrClNO2/c1-9(8-16)11-6-5-10(15)7-12(11)17-13(18)19-14(2,3)4/h5-7H,1,8H2,2-4H3,(H,17,18). The zero-order chi connectivity index (χ0) is 14.6. The van der Waals surface area contributed by atoms with Crippen LogP contribution in [0.3, 0.4) is 0 Å². The molecule has 3 nitrogen and oxygen atoms in total. The van der Waals surface area contributed by atoms with Crippen molar-refractivity contribution in [3.8, 4) is 0 Å². The summed E-state index contributed by atoms with van der Waals surface area (Å²) in [5.74, 6) is 0.296. The van der Waals surface area contributed by atoms with Crippen LogP contribution >= 0.6 is 27.5 Å². The second-order valence-corrected chi connectivity index (χ2v) is 6.24. The molecule has 1 aromatic carbocycles. The van der Waals surface area contributed by atoms with Crippen LogP contribution in [0.4, 0.5) is 10.5 Å². The molecule has 1 N–H and O–H groups in total. The Kier molecular flexibility index (Phi) is 5.44. The molecule has 0 radical (unpaired) electrons. The molecule has 5 heteroatoms. The molecule has 104 valence electrons. The van der Waals surface area contributed by atoms with Crippen LogP contribution in [0.5, 0.6) is 0 Å². The Labute approximate surface area is 127 Å². The minimum Gasteiger partial charge on any atom is -0.444 e. The second-order valence-electron chi connectivity index (χ2n) is 5.05. The number of halogens is 2. The maximum atomic E-state index is 11.8. The third kappa shape index (κ3) is 5.25. The van der Waals surface area contributed by atoms with Crippen LogP contribution in [-0.2, 0) is 4.74 Å². The first kappa shape index (κ1) is 16.1. The number of benzene rings is 1. The monoisotopic (exact) mass is 345 g/mol. The summed E-state index contributed by atoms with van der Waals surface area (Å²) in [5.41, 5.74) is 1.61. The van der Waals surface area contributed by atoms with E-state index in [0.717, 1.165) is 15.6 Å². The molecule has 1 aromatic rings. The van der Waals surface area contributed by atoms with Crippen LogP contribution in [0.15, 0.2) is 29.3 Å². The van der Waals surface area contributed by atoms with Gasteiger partial charge in [-0.2, -0.15) is 0 Å². The molecule has 0 saturated carbocycles. The Hall–Kier alpha value is -1.00. The topological polar surface area (TPSA) is 38.3 Å². The normalized spacial score (nSPS) is 11.0. The molecular formula is C14H17BrClNO2. The van der Waals surface area contributed by atoms with E-state index in [2.05, 4.69) is 27.8 Å². The molecule has 19 heavy (non-hydrogen) atoms. The predicted octanol–water partition coefficient (Wildman–Crippen LogP) is 5.05. The molecular weight excluding hydrogens is 330 g/mol. The highest BCUT2D eigenvalue weighted by Crippen LogP contribution is 2.27. The predicted molar refractivity (Wildman–Crippen MR) is 83.8 cm³/mol. The summed E-state index contributed by atoms with van der Waals surface area (Å²) in [5, 5.41) is 2.71. The van der Waals surface area contributed by atoms with Gasteiger partial charge in [-0.1, -0.05) is 28.6 Å². The fourth-order valence-electron chi connectivity index (χ4n) is 1.41. The van der Waals surface area contributed by atoms with Gasteiger partial charge in [0.25, 0.3) is 0 Å². The zero-order valence-electron chi connectivity index (χ0n) is 11.2. The maximum absolute atomic E-state index is 11.8. The number of carbonyl (C=O) groups is 1. The fourth-order valence-corrected chi connectivity index (χ4v) is 1.92. The van der Waals surface area contributed by atoms with Crippen LogP contribution in [0, 0.1) is 0 Å². The Morgan fingerprint density at radius 3 is 2.63 bits per heavy atom. The number of alkyl halides is 1. The largest absolute Gasteiger partial charge is 0.444 e. The summed E-state index contributed by atoms with van der Waals surface area (Å²) >= 11 is 9.15. The van der Waals surface area contributed by atoms with Gasteiger partial charge in [-0.05, 0) is 38.5 Å². The van der Waals surface area contributed by atoms with Gasteiger partial charge < -0.3 is 4.74 Å². The number of allylic oxidation sites excluding steroid dienone is 1. The van der Waals surface area contributed by atoms with Crippen LogP contribution in [0.25, 0.3) is 5.57 Å². The van der Waals surface area contributed by atoms with E-state index in [1.165, 1.54) is 0 Å². The van der Waals surface area contributed by atoms with Crippen molar-refractivity contribution in [2.45, 2.75) is 26.4 Å². The number of amides is 1. The Balaban J connectivity index is 2.96. The highest BCUT2D eigenvalue weighted by Gasteiger charge is 2.17. The van der Waals surface area contributed by atoms with Gasteiger partial charge in [0.1, 0.15) is 5.60 Å². The van der Waals surface area contributed by atoms with Crippen LogP contribution < -0.4 is 5.32 Å². The molecule has 0 aliphatic carbocycles. The minimum absolute atomic E-state index is 0.296. The molecule has 0 unspecified atom stereocenters. The third-order valence-electron chi connectivity index (χ3n) is 2.16. The molecule has 0 spiro atoms. The van der Waals surface area contributed by atoms with Crippen molar-refractivity contribution < 1.29 is 9.53 Å². The lowest BCUT2D eigenvalue weighted by molar-refractivity contribution is 0.0636. The first-order chi connectivity index (χ1) is 8.73. The molecule has 1 rings (SSSR count). The number of rotatable bonds is 3. The van der Waals surface area contributed by atoms with E-state index in [1.54, 1.807) is 6.07 Å². The molecule has 0 aromatic heterocycles. The van der Waals surface area contributed by atoms with Crippen molar-refractivity contribution in [1.29, 1.82) is 0 Å². The van der Waals surface area contributed by atoms with E-state index in [0.29, 0.717) is 11.6 Å². The second kappa shape index (κ2) is 6.44. The van der Waals surface area contributed by atoms with E-state index in [-0.39, 0.29) is 0 Å². The lowest BCUT2D eigenvalue weighted by Gasteiger charge is -2.20. The smallest absolute Gasteiger partial charge is 0.412 e. The van der Waals surface area contributed by atoms with Gasteiger partial charge in [0.05, 0.1) is 5.69 Å². The lowest BCUT2D eigenvalue weighted by Crippen LogP contribution is -2.27. The zero-order valence-corrected chi connectivity index (χ0v) is 13.6. The van der Waals surface area contributed by atoms with Crippen molar-refractivity contribution in [2.75, 3.05) is 11.2 Å². The van der Waals surface area contributed by atoms with Crippen LogP contribution in [-0.4, -0.2) is 17.6 Å². The average molecular weight is 347 g/mol. The van der Waals surface area contributed by atoms with Crippen LogP contribution in [0.1, 0.15) is 26.3 Å². The molecule has 0 aliphatic heterocycles. The maximum Gasteiger partial charge on any atom is 0.412 e. The van der Waals surface area contributed by atoms with Gasteiger partial charge in [-0.3, -0.25) is 5.32 Å². The van der Waals surface area contributed by atoms with Gasteiger partial charge in [0.2, 0.25) is 0 Å². The number of carbonyl (C=O) groups excluding carboxylic acids is 1. The number of nitrogens with one attached hydrogen (secondary N) is 1. The first-order valence-electron chi connectivity index (χ1n) is 5.76. The number of hydrogen-bond donors (Lipinski definition) is 1. The highest BCUT2D eigenvalue weighted by atomic mass is 79.9. The quantitative estimate of drug-likeness (QED) is 0.778. The molecule has 0 aliphatic rings. The SMILES string of the molecule is C=C(CCl)c1ccc(Br)cc1NC(=O)OC(C)(C)C. The summed E-state index contributed by atoms with van der Waals surface area (Å²) in [6.07, 6.45) is -0.505. The third-order valence-corrected chi connectivity index (χ3v) is 2.98. The number of ether oxygens (including phenoxy) is 1. The van der Waals surface area contributed by atoms with E-state index in [4.69, 9.17) is 16.3 Å². The Bertz CT molecular complexity index is 495. The van der Waals surface area contributed by atoms with Crippen molar-refractivity contribution in [3.63, 3.8) is 0 Å². The van der Waals surface area contributed by atoms with Crippen molar-refractivity contribution in [1.82, 2.24) is 0 Å². The van der Waals surface area contributed by atoms with E-state index < -0.39 is 11.7 Å². The van der Waals surface area contributed by atoms with Crippen LogP contribution in [0.2, 0.25) is 0 Å². The van der Waals surface area contributed by atoms with E-state index in [1.807, 2.05) is 32.9 Å². The first-order valence-corrected chi connectivity index (χ1v) is 7.09. The van der Waals surface area contributed by atoms with Crippen molar-refractivity contribution in [2.24, 2.45) is 0 Å². The highest BCUT2D eigenvalue weighted by molar-refractivity contribution is 9.10. The lowest BCUT2D eigenvalue weighted by atomic mass is 10.1. The van der Waals surface area contributed by atoms with E-state index in [9.17, 15) is 4.79 Å². The molecule has 0 saturated heterocycles. The van der Waals surface area contributed by atoms with Gasteiger partial charge in [-0.15, -0.1) is 11.6 Å². The Morgan fingerprint density at radius 1 is 1.47 bits per heavy atom. The summed E-state index contributed by atoms with van der Waals surface area (Å²) in [6.45, 7) is 9.31. The molecule has 0 atom stereocenters. The van der Waals surface area contributed by atoms with Crippen molar-refractivity contribution >= 4 is 44.9 Å². The fraction of sp³-hybridized carbons (Fsp3) is 0.357. The summed E-state index contributed by atoms with van der Waals surface area (Å²) in [4.78, 5) is 11.8. The summed E-state index contributed by atoms with van der Waals surface area (Å²) in [7, 11) is 0. The van der Waals surface area contributed by atoms with Gasteiger partial charge in [-0.25, -0.2) is 4.79 Å². The number of hydrogen-bond acceptors (Lipinski definition) is 2. The van der Waals surface area contributed by atoms with Gasteiger partial charge in [0, 0.05) is 15.9 Å². The van der Waals surface area contributed by atoms with Gasteiger partial charge in [0.15, 0.2) is 0 Å². The minimum atomic E-state index is -0.542. The molecule has 0 heterocycles. The summed E-state index contributed by atoms with van der Waals surface area (Å²) < 4.78 is 6.07. The Morgan fingerprint density at radius 2 is 2.11 bits per heavy atom. The van der Waals surface area contributed by atoms with E-state index >= 15 is 0 Å². The van der Waals surface area contributed by atoms with Gasteiger partial charge >= 0.3 is 6.09 Å².